The molecule has 0 amide bonds. The lowest BCUT2D eigenvalue weighted by Gasteiger charge is -2.21. The summed E-state index contributed by atoms with van der Waals surface area (Å²) in [4.78, 5) is 0. The maximum Gasteiger partial charge on any atom is 0.0864 e. The highest BCUT2D eigenvalue weighted by Gasteiger charge is 2.46. The normalized spacial score (nSPS) is 50.7. The van der Waals surface area contributed by atoms with Crippen LogP contribution in [-0.4, -0.2) is 22.4 Å². The van der Waals surface area contributed by atoms with Crippen molar-refractivity contribution in [2.24, 2.45) is 5.92 Å². The van der Waals surface area contributed by atoms with E-state index < -0.39 is 12.2 Å². The topological polar surface area (TPSA) is 40.5 Å². The summed E-state index contributed by atoms with van der Waals surface area (Å²) >= 11 is 0. The third kappa shape index (κ3) is 0.634. The highest BCUT2D eigenvalue weighted by atomic mass is 16.3. The molecule has 2 fully saturated rings. The van der Waals surface area contributed by atoms with Crippen LogP contribution in [0.5, 0.6) is 0 Å². The first kappa shape index (κ1) is 5.69. The first-order valence-electron chi connectivity index (χ1n) is 3.50. The zero-order valence-corrected chi connectivity index (χ0v) is 5.25. The van der Waals surface area contributed by atoms with E-state index in [1.165, 1.54) is 5.92 Å². The van der Waals surface area contributed by atoms with E-state index in [0.29, 0.717) is 5.92 Å². The van der Waals surface area contributed by atoms with Gasteiger partial charge in [0, 0.05) is 5.92 Å². The second-order valence-electron chi connectivity index (χ2n) is 3.10. The van der Waals surface area contributed by atoms with Crippen molar-refractivity contribution in [1.29, 1.82) is 0 Å². The Hall–Kier alpha value is -0.0800. The monoisotopic (exact) mass is 127 g/mol. The largest absolute Gasteiger partial charge is 0.390 e. The molecule has 2 aliphatic carbocycles. The van der Waals surface area contributed by atoms with Crippen LogP contribution in [0.25, 0.3) is 0 Å². The molecule has 2 aliphatic rings. The number of aliphatic hydroxyl groups is 2. The fourth-order valence-corrected chi connectivity index (χ4v) is 1.97. The maximum absolute atomic E-state index is 9.22. The predicted molar refractivity (Wildman–Crippen MR) is 32.6 cm³/mol. The number of rotatable bonds is 0. The molecule has 0 aromatic rings. The first-order valence-corrected chi connectivity index (χ1v) is 3.50. The number of fused-ring (bicyclic) bond motifs is 2. The first-order chi connectivity index (χ1) is 4.29. The van der Waals surface area contributed by atoms with Crippen LogP contribution in [0, 0.1) is 11.8 Å². The van der Waals surface area contributed by atoms with Crippen molar-refractivity contribution >= 4 is 0 Å². The van der Waals surface area contributed by atoms with E-state index in [1.807, 2.05) is 0 Å². The summed E-state index contributed by atoms with van der Waals surface area (Å²) in [7, 11) is 0. The molecule has 2 nitrogen and oxygen atoms in total. The summed E-state index contributed by atoms with van der Waals surface area (Å²) < 4.78 is 0. The van der Waals surface area contributed by atoms with Crippen LogP contribution in [-0.2, 0) is 0 Å². The fourth-order valence-electron chi connectivity index (χ4n) is 1.97. The molecule has 0 saturated heterocycles. The second-order valence-corrected chi connectivity index (χ2v) is 3.10. The molecule has 2 saturated carbocycles. The lowest BCUT2D eigenvalue weighted by atomic mass is 9.95. The van der Waals surface area contributed by atoms with Gasteiger partial charge in [-0.05, 0) is 25.2 Å². The number of hydrogen-bond acceptors (Lipinski definition) is 2. The number of aliphatic hydroxyl groups excluding tert-OH is 2. The molecule has 0 spiro atoms. The summed E-state index contributed by atoms with van der Waals surface area (Å²) in [5, 5.41) is 18.4. The molecule has 2 bridgehead atoms. The Kier molecular flexibility index (Phi) is 1.08. The van der Waals surface area contributed by atoms with E-state index >= 15 is 0 Å². The van der Waals surface area contributed by atoms with Gasteiger partial charge in [0.15, 0.2) is 0 Å². The molecular weight excluding hydrogens is 116 g/mol. The Balaban J connectivity index is 2.15. The molecule has 2 heteroatoms. The third-order valence-electron chi connectivity index (χ3n) is 2.59. The molecule has 3 atom stereocenters. The Bertz CT molecular complexity index is 106. The minimum absolute atomic E-state index is 0.384. The predicted octanol–water partition coefficient (Wildman–Crippen LogP) is 0.0964. The average Bonchev–Trinajstić information content (AvgIpc) is 2.37. The SMILES string of the molecule is OC1[C]2CCC(C2)C1O. The van der Waals surface area contributed by atoms with Crippen LogP contribution < -0.4 is 0 Å². The van der Waals surface area contributed by atoms with Crippen molar-refractivity contribution < 1.29 is 10.2 Å². The van der Waals surface area contributed by atoms with Gasteiger partial charge in [0.25, 0.3) is 0 Å². The summed E-state index contributed by atoms with van der Waals surface area (Å²) in [5.41, 5.74) is 0. The van der Waals surface area contributed by atoms with Crippen LogP contribution in [0.1, 0.15) is 19.3 Å². The Morgan fingerprint density at radius 2 is 2.11 bits per heavy atom. The summed E-state index contributed by atoms with van der Waals surface area (Å²) in [6.45, 7) is 0. The van der Waals surface area contributed by atoms with E-state index in [-0.39, 0.29) is 0 Å². The fraction of sp³-hybridized carbons (Fsp3) is 0.857. The minimum Gasteiger partial charge on any atom is -0.390 e. The molecule has 2 N–H and O–H groups in total. The van der Waals surface area contributed by atoms with Crippen LogP contribution in [0.3, 0.4) is 0 Å². The molecule has 0 heterocycles. The molecule has 51 valence electrons. The van der Waals surface area contributed by atoms with Crippen molar-refractivity contribution in [2.75, 3.05) is 0 Å². The van der Waals surface area contributed by atoms with Gasteiger partial charge in [-0.1, -0.05) is 0 Å². The van der Waals surface area contributed by atoms with E-state index in [0.717, 1.165) is 19.3 Å². The van der Waals surface area contributed by atoms with Gasteiger partial charge in [-0.2, -0.15) is 0 Å². The van der Waals surface area contributed by atoms with Crippen molar-refractivity contribution in [1.82, 2.24) is 0 Å². The van der Waals surface area contributed by atoms with Crippen molar-refractivity contribution in [3.63, 3.8) is 0 Å². The lowest BCUT2D eigenvalue weighted by molar-refractivity contribution is 0.0110. The van der Waals surface area contributed by atoms with Crippen molar-refractivity contribution in [2.45, 2.75) is 31.5 Å². The van der Waals surface area contributed by atoms with E-state index in [1.54, 1.807) is 0 Å². The van der Waals surface area contributed by atoms with Gasteiger partial charge in [0.05, 0.1) is 12.2 Å². The van der Waals surface area contributed by atoms with Crippen LogP contribution >= 0.6 is 0 Å². The zero-order valence-electron chi connectivity index (χ0n) is 5.25. The van der Waals surface area contributed by atoms with Crippen molar-refractivity contribution in [3.8, 4) is 0 Å². The summed E-state index contributed by atoms with van der Waals surface area (Å²) in [6.07, 6.45) is 2.19. The molecule has 0 aromatic carbocycles. The van der Waals surface area contributed by atoms with Crippen LogP contribution in [0.4, 0.5) is 0 Å². The Labute approximate surface area is 54.5 Å². The minimum atomic E-state index is -0.483. The molecule has 2 rings (SSSR count). The summed E-state index contributed by atoms with van der Waals surface area (Å²) in [5.74, 6) is 1.56. The van der Waals surface area contributed by atoms with E-state index in [2.05, 4.69) is 0 Å². The summed E-state index contributed by atoms with van der Waals surface area (Å²) in [6, 6.07) is 0. The smallest absolute Gasteiger partial charge is 0.0864 e. The van der Waals surface area contributed by atoms with Gasteiger partial charge in [-0.15, -0.1) is 0 Å². The van der Waals surface area contributed by atoms with Gasteiger partial charge >= 0.3 is 0 Å². The van der Waals surface area contributed by atoms with Gasteiger partial charge in [0.1, 0.15) is 0 Å². The van der Waals surface area contributed by atoms with E-state index in [9.17, 15) is 10.2 Å². The Morgan fingerprint density at radius 3 is 2.44 bits per heavy atom. The lowest BCUT2D eigenvalue weighted by Crippen LogP contribution is -2.30. The van der Waals surface area contributed by atoms with E-state index in [4.69, 9.17) is 0 Å². The molecule has 3 unspecified atom stereocenters. The van der Waals surface area contributed by atoms with Crippen LogP contribution in [0.15, 0.2) is 0 Å². The molecule has 0 aliphatic heterocycles. The van der Waals surface area contributed by atoms with Crippen LogP contribution in [0.2, 0.25) is 0 Å². The van der Waals surface area contributed by atoms with Crippen molar-refractivity contribution in [3.05, 3.63) is 5.92 Å². The molecule has 9 heavy (non-hydrogen) atoms. The zero-order chi connectivity index (χ0) is 6.43. The standard InChI is InChI=1S/C7H11O2/c8-6-4-1-2-5(3-4)7(6)9/h4,6-9H,1-3H2. The highest BCUT2D eigenvalue weighted by Crippen LogP contribution is 2.45. The highest BCUT2D eigenvalue weighted by molar-refractivity contribution is 5.15. The van der Waals surface area contributed by atoms with Gasteiger partial charge in [-0.3, -0.25) is 0 Å². The quantitative estimate of drug-likeness (QED) is 0.484. The third-order valence-corrected chi connectivity index (χ3v) is 2.59. The molecule has 1 radical (unpaired) electrons. The van der Waals surface area contributed by atoms with Gasteiger partial charge in [-0.25, -0.2) is 0 Å². The average molecular weight is 127 g/mol. The van der Waals surface area contributed by atoms with Gasteiger partial charge < -0.3 is 10.2 Å². The molecular formula is C7H11O2. The Morgan fingerprint density at radius 1 is 1.33 bits per heavy atom. The second kappa shape index (κ2) is 1.70. The van der Waals surface area contributed by atoms with Gasteiger partial charge in [0.2, 0.25) is 0 Å². The number of hydrogen-bond donors (Lipinski definition) is 2. The maximum atomic E-state index is 9.22. The molecule has 0 aromatic heterocycles.